The third-order valence-electron chi connectivity index (χ3n) is 5.18. The second-order valence-corrected chi connectivity index (χ2v) is 8.03. The largest absolute Gasteiger partial charge is 0.494 e. The molecule has 1 aromatic carbocycles. The fourth-order valence-electron chi connectivity index (χ4n) is 2.75. The topological polar surface area (TPSA) is 35.5 Å². The lowest BCUT2D eigenvalue weighted by molar-refractivity contribution is -0.461. The molecular weight excluding hydrogens is 623 g/mol. The van der Waals surface area contributed by atoms with Gasteiger partial charge in [0.25, 0.3) is 0 Å². The minimum atomic E-state index is -8.65. The molecule has 0 bridgehead atoms. The van der Waals surface area contributed by atoms with Crippen LogP contribution < -0.4 is 4.74 Å². The lowest BCUT2D eigenvalue weighted by Gasteiger charge is -2.42. The summed E-state index contributed by atoms with van der Waals surface area (Å²) in [5, 5.41) is 0. The van der Waals surface area contributed by atoms with Crippen LogP contribution >= 0.6 is 0 Å². The Balaban J connectivity index is 3.10. The highest BCUT2D eigenvalue weighted by atomic mass is 19.4. The maximum atomic E-state index is 13.9. The molecule has 0 aromatic heterocycles. The van der Waals surface area contributed by atoms with E-state index >= 15 is 0 Å². The molecule has 1 aromatic rings. The van der Waals surface area contributed by atoms with Crippen molar-refractivity contribution in [2.75, 3.05) is 13.7 Å². The Kier molecular flexibility index (Phi) is 10.0. The van der Waals surface area contributed by atoms with E-state index in [-0.39, 0.29) is 5.75 Å². The van der Waals surface area contributed by atoms with Crippen LogP contribution in [-0.4, -0.2) is 67.3 Å². The van der Waals surface area contributed by atoms with Gasteiger partial charge in [-0.3, -0.25) is 0 Å². The van der Waals surface area contributed by atoms with E-state index in [4.69, 9.17) is 4.74 Å². The number of halogens is 17. The first kappa shape index (κ1) is 36.1. The highest BCUT2D eigenvalue weighted by Gasteiger charge is 2.95. The summed E-state index contributed by atoms with van der Waals surface area (Å²) in [4.78, 5) is 11.0. The van der Waals surface area contributed by atoms with Gasteiger partial charge in [0, 0.05) is 12.5 Å². The van der Waals surface area contributed by atoms with Crippen molar-refractivity contribution >= 4 is 12.0 Å². The number of carbonyl (C=O) groups excluding carboxylic acids is 1. The number of hydrogen-bond acceptors (Lipinski definition) is 3. The van der Waals surface area contributed by atoms with E-state index in [0.717, 1.165) is 25.3 Å². The third kappa shape index (κ3) is 6.29. The second-order valence-electron chi connectivity index (χ2n) is 8.03. The van der Waals surface area contributed by atoms with E-state index in [1.165, 1.54) is 18.2 Å². The molecule has 0 fully saturated rings. The van der Waals surface area contributed by atoms with E-state index in [1.807, 2.05) is 0 Å². The average molecular weight is 638 g/mol. The Morgan fingerprint density at radius 3 is 1.49 bits per heavy atom. The first-order chi connectivity index (χ1) is 18.2. The number of methoxy groups -OCH3 is 1. The van der Waals surface area contributed by atoms with Crippen LogP contribution in [0.4, 0.5) is 74.6 Å². The van der Waals surface area contributed by atoms with Gasteiger partial charge in [-0.2, -0.15) is 74.6 Å². The maximum Gasteiger partial charge on any atom is 0.460 e. The van der Waals surface area contributed by atoms with Gasteiger partial charge in [0.05, 0.1) is 13.7 Å². The summed E-state index contributed by atoms with van der Waals surface area (Å²) < 4.78 is 234. The number of esters is 1. The van der Waals surface area contributed by atoms with Crippen molar-refractivity contribution in [2.45, 2.75) is 60.5 Å². The molecule has 0 saturated carbocycles. The molecule has 0 heterocycles. The molecule has 41 heavy (non-hydrogen) atoms. The van der Waals surface area contributed by atoms with Crippen LogP contribution in [0.15, 0.2) is 30.3 Å². The molecule has 0 saturated heterocycles. The smallest absolute Gasteiger partial charge is 0.460 e. The van der Waals surface area contributed by atoms with E-state index < -0.39 is 73.1 Å². The van der Waals surface area contributed by atoms with Gasteiger partial charge >= 0.3 is 53.6 Å². The van der Waals surface area contributed by atoms with Crippen LogP contribution in [0.1, 0.15) is 18.4 Å². The fraction of sp³-hybridized carbons (Fsp3) is 0.571. The molecule has 0 atom stereocenters. The van der Waals surface area contributed by atoms with Crippen LogP contribution in [0.3, 0.4) is 0 Å². The van der Waals surface area contributed by atoms with Crippen molar-refractivity contribution in [1.82, 2.24) is 0 Å². The molecule has 0 radical (unpaired) electrons. The Hall–Kier alpha value is -2.96. The average Bonchev–Trinajstić information content (AvgIpc) is 2.84. The Morgan fingerprint density at radius 2 is 1.07 bits per heavy atom. The molecule has 0 aliphatic carbocycles. The molecule has 3 nitrogen and oxygen atoms in total. The number of benzene rings is 1. The zero-order chi connectivity index (χ0) is 32.5. The van der Waals surface area contributed by atoms with Crippen LogP contribution in [0.25, 0.3) is 6.08 Å². The lowest BCUT2D eigenvalue weighted by Crippen LogP contribution is -2.74. The van der Waals surface area contributed by atoms with Crippen molar-refractivity contribution in [3.8, 4) is 5.75 Å². The van der Waals surface area contributed by atoms with Crippen LogP contribution in [-0.2, 0) is 9.53 Å². The molecule has 20 heteroatoms. The molecule has 0 aliphatic rings. The first-order valence-corrected chi connectivity index (χ1v) is 10.4. The molecular formula is C21H15F17O3. The van der Waals surface area contributed by atoms with E-state index in [2.05, 4.69) is 4.74 Å². The summed E-state index contributed by atoms with van der Waals surface area (Å²) >= 11 is 0. The van der Waals surface area contributed by atoms with Crippen LogP contribution in [0.2, 0.25) is 0 Å². The summed E-state index contributed by atoms with van der Waals surface area (Å²) in [6, 6.07) is 4.71. The summed E-state index contributed by atoms with van der Waals surface area (Å²) in [6.45, 7) is -1.06. The molecule has 0 aliphatic heterocycles. The van der Waals surface area contributed by atoms with Gasteiger partial charge in [0.2, 0.25) is 0 Å². The minimum Gasteiger partial charge on any atom is -0.494 e. The zero-order valence-electron chi connectivity index (χ0n) is 19.7. The van der Waals surface area contributed by atoms with E-state index in [0.29, 0.717) is 5.56 Å². The normalized spacial score (nSPS) is 14.9. The van der Waals surface area contributed by atoms with E-state index in [1.54, 1.807) is 0 Å². The number of carbonyl (C=O) groups is 1. The first-order valence-electron chi connectivity index (χ1n) is 10.4. The molecule has 0 unspecified atom stereocenters. The highest BCUT2D eigenvalue weighted by molar-refractivity contribution is 5.86. The van der Waals surface area contributed by atoms with Crippen LogP contribution in [0.5, 0.6) is 5.75 Å². The summed E-state index contributed by atoms with van der Waals surface area (Å²) in [6.07, 6.45) is -9.58. The van der Waals surface area contributed by atoms with E-state index in [9.17, 15) is 79.4 Å². The lowest BCUT2D eigenvalue weighted by atomic mass is 9.88. The molecule has 0 amide bonds. The zero-order valence-corrected chi connectivity index (χ0v) is 19.7. The standard InChI is InChI=1S/C21H15F17O3/c1-40-13(39)8-5-11-3-6-12(7-4-11)41-10-2-9-14(22,23)15(24,25)16(26,27)17(28,29)18(30,31)19(32,33)20(34,35)21(36,37)38/h3-8H,2,9-10H2,1H3/b8-5+. The van der Waals surface area contributed by atoms with Gasteiger partial charge in [0.15, 0.2) is 0 Å². The fourth-order valence-corrected chi connectivity index (χ4v) is 2.75. The summed E-state index contributed by atoms with van der Waals surface area (Å²) in [7, 11) is 1.07. The van der Waals surface area contributed by atoms with Crippen LogP contribution in [0, 0.1) is 0 Å². The molecule has 0 N–H and O–H groups in total. The third-order valence-corrected chi connectivity index (χ3v) is 5.18. The Labute approximate surface area is 217 Å². The second kappa shape index (κ2) is 11.4. The van der Waals surface area contributed by atoms with Gasteiger partial charge < -0.3 is 9.47 Å². The van der Waals surface area contributed by atoms with Crippen molar-refractivity contribution in [3.63, 3.8) is 0 Å². The van der Waals surface area contributed by atoms with Gasteiger partial charge in [-0.1, -0.05) is 12.1 Å². The van der Waals surface area contributed by atoms with Gasteiger partial charge in [-0.15, -0.1) is 0 Å². The van der Waals surface area contributed by atoms with Gasteiger partial charge in [0.1, 0.15) is 5.75 Å². The quantitative estimate of drug-likeness (QED) is 0.0950. The van der Waals surface area contributed by atoms with Crippen molar-refractivity contribution < 1.29 is 88.9 Å². The predicted molar refractivity (Wildman–Crippen MR) is 103 cm³/mol. The monoisotopic (exact) mass is 638 g/mol. The van der Waals surface area contributed by atoms with Gasteiger partial charge in [-0.05, 0) is 30.2 Å². The highest BCUT2D eigenvalue weighted by Crippen LogP contribution is 2.64. The Morgan fingerprint density at radius 1 is 0.659 bits per heavy atom. The maximum absolute atomic E-state index is 13.9. The SMILES string of the molecule is COC(=O)/C=C/c1ccc(OCCCC(F)(F)C(F)(F)C(F)(F)C(F)(F)C(F)(F)C(F)(F)C(F)(F)C(F)(F)F)cc1. The number of hydrogen-bond donors (Lipinski definition) is 0. The van der Waals surface area contributed by atoms with Gasteiger partial charge in [-0.25, -0.2) is 4.79 Å². The molecule has 0 spiro atoms. The number of rotatable bonds is 13. The predicted octanol–water partition coefficient (Wildman–Crippen LogP) is 8.04. The summed E-state index contributed by atoms with van der Waals surface area (Å²) in [5.41, 5.74) is 0.340. The summed E-state index contributed by atoms with van der Waals surface area (Å²) in [5.74, 6) is -57.4. The van der Waals surface area contributed by atoms with Crippen molar-refractivity contribution in [1.29, 1.82) is 0 Å². The Bertz CT molecular complexity index is 1080. The van der Waals surface area contributed by atoms with Crippen molar-refractivity contribution in [2.24, 2.45) is 0 Å². The minimum absolute atomic E-state index is 0.195. The number of alkyl halides is 17. The van der Waals surface area contributed by atoms with Crippen molar-refractivity contribution in [3.05, 3.63) is 35.9 Å². The number of ether oxygens (including phenoxy) is 2. The molecule has 236 valence electrons. The molecule has 1 rings (SSSR count).